The van der Waals surface area contributed by atoms with E-state index in [2.05, 4.69) is 0 Å². The average molecular weight is 252 g/mol. The normalized spacial score (nSPS) is 11.5. The van der Waals surface area contributed by atoms with Gasteiger partial charge in [0.2, 0.25) is 0 Å². The summed E-state index contributed by atoms with van der Waals surface area (Å²) >= 11 is 0.875. The molecule has 0 aliphatic heterocycles. The third-order valence-corrected chi connectivity index (χ3v) is 3.09. The summed E-state index contributed by atoms with van der Waals surface area (Å²) in [6.07, 6.45) is 0. The van der Waals surface area contributed by atoms with Crippen LogP contribution in [0.25, 0.3) is 0 Å². The first-order chi connectivity index (χ1) is 7.95. The molecule has 0 amide bonds. The molecule has 0 aliphatic carbocycles. The summed E-state index contributed by atoms with van der Waals surface area (Å²) in [7, 11) is 0. The van der Waals surface area contributed by atoms with Crippen molar-refractivity contribution in [3.63, 3.8) is 0 Å². The van der Waals surface area contributed by atoms with Crippen LogP contribution in [-0.2, 0) is 4.79 Å². The lowest BCUT2D eigenvalue weighted by Gasteiger charge is -2.06. The molecular weight excluding hydrogens is 244 g/mol. The number of carboxylic acid groups (broad SMARTS) is 1. The molecule has 0 aromatic heterocycles. The van der Waals surface area contributed by atoms with E-state index in [9.17, 15) is 14.9 Å². The van der Waals surface area contributed by atoms with Crippen molar-refractivity contribution in [2.24, 2.45) is 0 Å². The van der Waals surface area contributed by atoms with Crippen molar-refractivity contribution in [1.29, 1.82) is 5.26 Å². The van der Waals surface area contributed by atoms with Gasteiger partial charge in [-0.2, -0.15) is 5.26 Å². The van der Waals surface area contributed by atoms with Crippen LogP contribution in [0.4, 0.5) is 5.69 Å². The molecule has 0 fully saturated rings. The maximum absolute atomic E-state index is 10.8. The molecule has 0 aliphatic rings. The maximum atomic E-state index is 10.8. The van der Waals surface area contributed by atoms with Crippen molar-refractivity contribution in [1.82, 2.24) is 0 Å². The second kappa shape index (κ2) is 5.32. The SMILES string of the molecule is C[C@H](Sc1ccc(C#N)cc1[N+](=O)[O-])C(=O)O. The van der Waals surface area contributed by atoms with Gasteiger partial charge in [-0.15, -0.1) is 11.8 Å². The molecule has 0 unspecified atom stereocenters. The van der Waals surface area contributed by atoms with Gasteiger partial charge in [-0.25, -0.2) is 0 Å². The number of aliphatic carboxylic acids is 1. The summed E-state index contributed by atoms with van der Waals surface area (Å²) < 4.78 is 0. The number of nitro benzene ring substituents is 1. The Balaban J connectivity index is 3.12. The van der Waals surface area contributed by atoms with Gasteiger partial charge in [0.25, 0.3) is 5.69 Å². The Hall–Kier alpha value is -2.07. The van der Waals surface area contributed by atoms with E-state index in [1.165, 1.54) is 19.1 Å². The van der Waals surface area contributed by atoms with Crippen LogP contribution in [-0.4, -0.2) is 21.2 Å². The van der Waals surface area contributed by atoms with Gasteiger partial charge in [0, 0.05) is 6.07 Å². The van der Waals surface area contributed by atoms with Crippen molar-refractivity contribution >= 4 is 23.4 Å². The first-order valence-corrected chi connectivity index (χ1v) is 5.41. The molecule has 1 atom stereocenters. The second-order valence-corrected chi connectivity index (χ2v) is 4.53. The molecule has 7 heteroatoms. The fourth-order valence-corrected chi connectivity index (χ4v) is 1.95. The Morgan fingerprint density at radius 3 is 2.76 bits per heavy atom. The highest BCUT2D eigenvalue weighted by Crippen LogP contribution is 2.32. The summed E-state index contributed by atoms with van der Waals surface area (Å²) in [5.74, 6) is -1.05. The van der Waals surface area contributed by atoms with Crippen LogP contribution in [0, 0.1) is 21.4 Å². The number of nitriles is 1. The number of hydrogen-bond acceptors (Lipinski definition) is 5. The van der Waals surface area contributed by atoms with Crippen LogP contribution in [0.2, 0.25) is 0 Å². The fraction of sp³-hybridized carbons (Fsp3) is 0.200. The van der Waals surface area contributed by atoms with Crippen molar-refractivity contribution in [3.8, 4) is 6.07 Å². The van der Waals surface area contributed by atoms with E-state index < -0.39 is 16.1 Å². The van der Waals surface area contributed by atoms with Gasteiger partial charge >= 0.3 is 5.97 Å². The van der Waals surface area contributed by atoms with Crippen LogP contribution in [0.5, 0.6) is 0 Å². The lowest BCUT2D eigenvalue weighted by molar-refractivity contribution is -0.387. The van der Waals surface area contributed by atoms with Crippen LogP contribution < -0.4 is 0 Å². The predicted molar refractivity (Wildman–Crippen MR) is 60.8 cm³/mol. The molecule has 0 heterocycles. The number of benzene rings is 1. The minimum absolute atomic E-state index is 0.170. The summed E-state index contributed by atoms with van der Waals surface area (Å²) in [4.78, 5) is 21.1. The standard InChI is InChI=1S/C10H8N2O4S/c1-6(10(13)14)17-9-3-2-7(5-11)4-8(9)12(15)16/h2-4,6H,1H3,(H,13,14)/t6-/m0/s1. The van der Waals surface area contributed by atoms with E-state index in [-0.39, 0.29) is 16.1 Å². The molecule has 17 heavy (non-hydrogen) atoms. The van der Waals surface area contributed by atoms with Crippen molar-refractivity contribution in [2.75, 3.05) is 0 Å². The molecule has 1 aromatic rings. The largest absolute Gasteiger partial charge is 0.480 e. The van der Waals surface area contributed by atoms with Gasteiger partial charge in [-0.05, 0) is 19.1 Å². The first kappa shape index (κ1) is 13.0. The minimum Gasteiger partial charge on any atom is -0.480 e. The van der Waals surface area contributed by atoms with Gasteiger partial charge in [-0.1, -0.05) is 0 Å². The lowest BCUT2D eigenvalue weighted by atomic mass is 10.2. The highest BCUT2D eigenvalue weighted by atomic mass is 32.2. The highest BCUT2D eigenvalue weighted by Gasteiger charge is 2.20. The molecule has 0 spiro atoms. The smallest absolute Gasteiger partial charge is 0.316 e. The zero-order chi connectivity index (χ0) is 13.0. The van der Waals surface area contributed by atoms with Crippen molar-refractivity contribution < 1.29 is 14.8 Å². The number of rotatable bonds is 4. The van der Waals surface area contributed by atoms with E-state index >= 15 is 0 Å². The number of nitrogens with zero attached hydrogens (tertiary/aromatic N) is 2. The molecule has 88 valence electrons. The molecule has 1 rings (SSSR count). The molecule has 1 aromatic carbocycles. The Kier molecular flexibility index (Phi) is 4.06. The van der Waals surface area contributed by atoms with Gasteiger partial charge in [-0.3, -0.25) is 14.9 Å². The first-order valence-electron chi connectivity index (χ1n) is 4.53. The van der Waals surface area contributed by atoms with Gasteiger partial charge in [0.05, 0.1) is 21.5 Å². The summed E-state index contributed by atoms with van der Waals surface area (Å²) in [5.41, 5.74) is -0.0776. The topological polar surface area (TPSA) is 104 Å². The van der Waals surface area contributed by atoms with E-state index in [1.807, 2.05) is 0 Å². The van der Waals surface area contributed by atoms with Gasteiger partial charge in [0.15, 0.2) is 0 Å². The minimum atomic E-state index is -1.05. The summed E-state index contributed by atoms with van der Waals surface area (Å²) in [6.45, 7) is 1.44. The summed E-state index contributed by atoms with van der Waals surface area (Å²) in [5, 5.41) is 27.3. The maximum Gasteiger partial charge on any atom is 0.316 e. The Morgan fingerprint density at radius 2 is 2.29 bits per heavy atom. The van der Waals surface area contributed by atoms with E-state index in [4.69, 9.17) is 10.4 Å². The predicted octanol–water partition coefficient (Wildman–Crippen LogP) is 2.03. The Morgan fingerprint density at radius 1 is 1.65 bits per heavy atom. The number of hydrogen-bond donors (Lipinski definition) is 1. The van der Waals surface area contributed by atoms with Crippen LogP contribution in [0.1, 0.15) is 12.5 Å². The molecule has 0 saturated carbocycles. The van der Waals surface area contributed by atoms with Crippen LogP contribution >= 0.6 is 11.8 Å². The second-order valence-electron chi connectivity index (χ2n) is 3.15. The van der Waals surface area contributed by atoms with E-state index in [0.29, 0.717) is 0 Å². The third-order valence-electron chi connectivity index (χ3n) is 1.94. The van der Waals surface area contributed by atoms with E-state index in [0.717, 1.165) is 17.8 Å². The van der Waals surface area contributed by atoms with E-state index in [1.54, 1.807) is 6.07 Å². The number of nitro groups is 1. The van der Waals surface area contributed by atoms with Crippen molar-refractivity contribution in [2.45, 2.75) is 17.1 Å². The summed E-state index contributed by atoms with van der Waals surface area (Å²) in [6, 6.07) is 5.74. The number of thioether (sulfide) groups is 1. The van der Waals surface area contributed by atoms with Gasteiger partial charge in [0.1, 0.15) is 5.25 Å². The molecule has 0 radical (unpaired) electrons. The fourth-order valence-electron chi connectivity index (χ4n) is 1.07. The molecule has 6 nitrogen and oxygen atoms in total. The molecule has 0 saturated heterocycles. The Labute approximate surface area is 101 Å². The van der Waals surface area contributed by atoms with Gasteiger partial charge < -0.3 is 5.11 Å². The average Bonchev–Trinajstić information content (AvgIpc) is 2.29. The quantitative estimate of drug-likeness (QED) is 0.499. The zero-order valence-electron chi connectivity index (χ0n) is 8.78. The van der Waals surface area contributed by atoms with Crippen molar-refractivity contribution in [3.05, 3.63) is 33.9 Å². The molecular formula is C10H8N2O4S. The molecule has 1 N–H and O–H groups in total. The van der Waals surface area contributed by atoms with Crippen LogP contribution in [0.3, 0.4) is 0 Å². The highest BCUT2D eigenvalue weighted by molar-refractivity contribution is 8.00. The third kappa shape index (κ3) is 3.19. The zero-order valence-corrected chi connectivity index (χ0v) is 9.60. The number of carboxylic acids is 1. The molecule has 0 bridgehead atoms. The Bertz CT molecular complexity index is 510. The number of carbonyl (C=O) groups is 1. The van der Waals surface area contributed by atoms with Crippen LogP contribution in [0.15, 0.2) is 23.1 Å². The lowest BCUT2D eigenvalue weighted by Crippen LogP contribution is -2.11. The monoisotopic (exact) mass is 252 g/mol.